The van der Waals surface area contributed by atoms with Gasteiger partial charge in [0.1, 0.15) is 5.75 Å². The van der Waals surface area contributed by atoms with Crippen molar-refractivity contribution in [3.05, 3.63) is 29.8 Å². The Morgan fingerprint density at radius 2 is 2.24 bits per heavy atom. The highest BCUT2D eigenvalue weighted by Gasteiger charge is 2.34. The Kier molecular flexibility index (Phi) is 3.69. The van der Waals surface area contributed by atoms with Crippen LogP contribution in [0, 0.1) is 0 Å². The van der Waals surface area contributed by atoms with Crippen LogP contribution in [0.4, 0.5) is 0 Å². The molecule has 2 atom stereocenters. The lowest BCUT2D eigenvalue weighted by molar-refractivity contribution is 0.0257. The van der Waals surface area contributed by atoms with E-state index in [9.17, 15) is 5.11 Å². The monoisotopic (exact) mass is 235 g/mol. The van der Waals surface area contributed by atoms with Gasteiger partial charge in [-0.05, 0) is 37.9 Å². The fraction of sp³-hybridized carbons (Fsp3) is 0.571. The fourth-order valence-electron chi connectivity index (χ4n) is 2.57. The minimum Gasteiger partial charge on any atom is -0.496 e. The molecule has 1 fully saturated rings. The van der Waals surface area contributed by atoms with E-state index in [-0.39, 0.29) is 6.04 Å². The summed E-state index contributed by atoms with van der Waals surface area (Å²) in [7, 11) is 1.67. The van der Waals surface area contributed by atoms with Crippen molar-refractivity contribution in [3.8, 4) is 5.75 Å². The number of hydrogen-bond acceptors (Lipinski definition) is 3. The Morgan fingerprint density at radius 3 is 2.88 bits per heavy atom. The maximum absolute atomic E-state index is 10.6. The normalized spacial score (nSPS) is 23.4. The van der Waals surface area contributed by atoms with Crippen molar-refractivity contribution in [1.82, 2.24) is 5.32 Å². The first-order chi connectivity index (χ1) is 8.13. The van der Waals surface area contributed by atoms with E-state index >= 15 is 0 Å². The number of benzene rings is 1. The molecule has 0 aromatic heterocycles. The zero-order chi connectivity index (χ0) is 12.3. The van der Waals surface area contributed by atoms with Crippen LogP contribution in [0.3, 0.4) is 0 Å². The Hall–Kier alpha value is -1.06. The molecule has 1 aliphatic heterocycles. The van der Waals surface area contributed by atoms with Gasteiger partial charge in [0.15, 0.2) is 0 Å². The Bertz CT molecular complexity index is 370. The van der Waals surface area contributed by atoms with Crippen molar-refractivity contribution in [2.24, 2.45) is 0 Å². The van der Waals surface area contributed by atoms with Crippen LogP contribution in [0.15, 0.2) is 24.3 Å². The quantitative estimate of drug-likeness (QED) is 0.835. The molecule has 17 heavy (non-hydrogen) atoms. The van der Waals surface area contributed by atoms with Gasteiger partial charge in [0.05, 0.1) is 12.7 Å². The summed E-state index contributed by atoms with van der Waals surface area (Å²) >= 11 is 0. The third-order valence-corrected chi connectivity index (χ3v) is 3.55. The summed E-state index contributed by atoms with van der Waals surface area (Å²) in [5.74, 6) is 0.853. The molecule has 1 aromatic carbocycles. The molecular formula is C14H21NO2. The maximum atomic E-state index is 10.6. The number of aliphatic hydroxyl groups is 1. The largest absolute Gasteiger partial charge is 0.496 e. The second kappa shape index (κ2) is 5.07. The number of para-hydroxylation sites is 1. The van der Waals surface area contributed by atoms with Gasteiger partial charge in [0.2, 0.25) is 0 Å². The molecule has 3 heteroatoms. The summed E-state index contributed by atoms with van der Waals surface area (Å²) in [5, 5.41) is 13.9. The van der Waals surface area contributed by atoms with Gasteiger partial charge in [-0.3, -0.25) is 0 Å². The first-order valence-electron chi connectivity index (χ1n) is 6.21. The van der Waals surface area contributed by atoms with Gasteiger partial charge in [-0.15, -0.1) is 0 Å². The summed E-state index contributed by atoms with van der Waals surface area (Å²) in [4.78, 5) is 0. The molecule has 2 unspecified atom stereocenters. The summed E-state index contributed by atoms with van der Waals surface area (Å²) < 4.78 is 5.32. The fourth-order valence-corrected chi connectivity index (χ4v) is 2.57. The molecule has 1 saturated heterocycles. The molecule has 1 aromatic rings. The van der Waals surface area contributed by atoms with Gasteiger partial charge >= 0.3 is 0 Å². The highest BCUT2D eigenvalue weighted by atomic mass is 16.5. The Morgan fingerprint density at radius 1 is 1.47 bits per heavy atom. The standard InChI is InChI=1S/C14H21NO2/c1-14(16,13-8-5-9-15-13)10-11-6-3-4-7-12(11)17-2/h3-4,6-7,13,15-16H,5,8-10H2,1-2H3. The molecule has 0 aliphatic carbocycles. The van der Waals surface area contributed by atoms with Crippen LogP contribution in [-0.2, 0) is 6.42 Å². The Balaban J connectivity index is 2.13. The third-order valence-electron chi connectivity index (χ3n) is 3.55. The van der Waals surface area contributed by atoms with E-state index in [1.807, 2.05) is 31.2 Å². The lowest BCUT2D eigenvalue weighted by atomic mass is 9.88. The second-order valence-corrected chi connectivity index (χ2v) is 4.99. The number of ether oxygens (including phenoxy) is 1. The van der Waals surface area contributed by atoms with Gasteiger partial charge in [-0.2, -0.15) is 0 Å². The molecule has 0 spiro atoms. The van der Waals surface area contributed by atoms with E-state index in [1.54, 1.807) is 7.11 Å². The number of hydrogen-bond donors (Lipinski definition) is 2. The van der Waals surface area contributed by atoms with Gasteiger partial charge in [0, 0.05) is 12.5 Å². The maximum Gasteiger partial charge on any atom is 0.122 e. The molecule has 1 heterocycles. The summed E-state index contributed by atoms with van der Waals surface area (Å²) in [6.45, 7) is 2.91. The van der Waals surface area contributed by atoms with Crippen LogP contribution in [0.2, 0.25) is 0 Å². The molecule has 94 valence electrons. The molecule has 0 saturated carbocycles. The van der Waals surface area contributed by atoms with Crippen LogP contribution in [0.25, 0.3) is 0 Å². The van der Waals surface area contributed by atoms with Crippen LogP contribution >= 0.6 is 0 Å². The van der Waals surface area contributed by atoms with Gasteiger partial charge in [-0.1, -0.05) is 18.2 Å². The number of methoxy groups -OCH3 is 1. The predicted octanol–water partition coefficient (Wildman–Crippen LogP) is 1.74. The molecule has 0 bridgehead atoms. The van der Waals surface area contributed by atoms with Crippen molar-refractivity contribution in [2.75, 3.05) is 13.7 Å². The molecule has 1 aliphatic rings. The zero-order valence-electron chi connectivity index (χ0n) is 10.6. The molecule has 0 amide bonds. The van der Waals surface area contributed by atoms with Crippen molar-refractivity contribution < 1.29 is 9.84 Å². The van der Waals surface area contributed by atoms with Crippen LogP contribution in [0.1, 0.15) is 25.3 Å². The number of rotatable bonds is 4. The molecule has 0 radical (unpaired) electrons. The SMILES string of the molecule is COc1ccccc1CC(C)(O)C1CCCN1. The van der Waals surface area contributed by atoms with Gasteiger partial charge < -0.3 is 15.2 Å². The average molecular weight is 235 g/mol. The van der Waals surface area contributed by atoms with E-state index < -0.39 is 5.60 Å². The van der Waals surface area contributed by atoms with Crippen LogP contribution < -0.4 is 10.1 Å². The summed E-state index contributed by atoms with van der Waals surface area (Å²) in [5.41, 5.74) is 0.346. The minimum absolute atomic E-state index is 0.187. The molecule has 2 N–H and O–H groups in total. The van der Waals surface area contributed by atoms with Crippen molar-refractivity contribution in [1.29, 1.82) is 0 Å². The number of nitrogens with one attached hydrogen (secondary N) is 1. The van der Waals surface area contributed by atoms with E-state index in [0.29, 0.717) is 6.42 Å². The predicted molar refractivity (Wildman–Crippen MR) is 68.3 cm³/mol. The highest BCUT2D eigenvalue weighted by molar-refractivity contribution is 5.34. The van der Waals surface area contributed by atoms with E-state index in [4.69, 9.17) is 4.74 Å². The van der Waals surface area contributed by atoms with Crippen LogP contribution in [0.5, 0.6) is 5.75 Å². The van der Waals surface area contributed by atoms with E-state index in [2.05, 4.69) is 5.32 Å². The lowest BCUT2D eigenvalue weighted by Gasteiger charge is -2.30. The smallest absolute Gasteiger partial charge is 0.122 e. The second-order valence-electron chi connectivity index (χ2n) is 4.99. The van der Waals surface area contributed by atoms with Crippen molar-refractivity contribution in [2.45, 2.75) is 37.8 Å². The highest BCUT2D eigenvalue weighted by Crippen LogP contribution is 2.27. The van der Waals surface area contributed by atoms with E-state index in [0.717, 1.165) is 30.7 Å². The topological polar surface area (TPSA) is 41.5 Å². The molecular weight excluding hydrogens is 214 g/mol. The van der Waals surface area contributed by atoms with Crippen molar-refractivity contribution >= 4 is 0 Å². The van der Waals surface area contributed by atoms with Gasteiger partial charge in [0.25, 0.3) is 0 Å². The molecule has 2 rings (SSSR count). The first-order valence-corrected chi connectivity index (χ1v) is 6.21. The van der Waals surface area contributed by atoms with Crippen molar-refractivity contribution in [3.63, 3.8) is 0 Å². The summed E-state index contributed by atoms with van der Waals surface area (Å²) in [6, 6.07) is 8.07. The summed E-state index contributed by atoms with van der Waals surface area (Å²) in [6.07, 6.45) is 2.81. The lowest BCUT2D eigenvalue weighted by Crippen LogP contribution is -2.46. The Labute approximate surface area is 103 Å². The van der Waals surface area contributed by atoms with E-state index in [1.165, 1.54) is 0 Å². The first kappa shape index (κ1) is 12.4. The minimum atomic E-state index is -0.717. The molecule has 3 nitrogen and oxygen atoms in total. The average Bonchev–Trinajstić information content (AvgIpc) is 2.83. The van der Waals surface area contributed by atoms with Gasteiger partial charge in [-0.25, -0.2) is 0 Å². The zero-order valence-corrected chi connectivity index (χ0v) is 10.6. The van der Waals surface area contributed by atoms with Crippen LogP contribution in [-0.4, -0.2) is 30.4 Å². The third kappa shape index (κ3) is 2.79.